The van der Waals surface area contributed by atoms with Gasteiger partial charge in [-0.3, -0.25) is 14.4 Å². The zero-order chi connectivity index (χ0) is 28.0. The van der Waals surface area contributed by atoms with Crippen molar-refractivity contribution in [2.75, 3.05) is 16.8 Å². The van der Waals surface area contributed by atoms with E-state index in [9.17, 15) is 14.4 Å². The fraction of sp³-hybridized carbons (Fsp3) is 0.300. The number of carbonyl (C=O) groups is 3. The second-order valence-corrected chi connectivity index (χ2v) is 10.9. The number of anilines is 2. The molecule has 0 aliphatic rings. The predicted octanol–water partition coefficient (Wildman–Crippen LogP) is 7.36. The average Bonchev–Trinajstić information content (AvgIpc) is 2.85. The Balaban J connectivity index is 1.61. The Hall–Kier alpha value is -3.35. The monoisotopic (exact) mass is 554 g/mol. The van der Waals surface area contributed by atoms with Crippen molar-refractivity contribution < 1.29 is 19.5 Å². The second-order valence-electron chi connectivity index (χ2n) is 10.1. The molecule has 0 fully saturated rings. The summed E-state index contributed by atoms with van der Waals surface area (Å²) in [5, 5.41) is 12.6. The molecule has 0 bridgehead atoms. The van der Waals surface area contributed by atoms with Crippen LogP contribution in [-0.2, 0) is 26.2 Å². The van der Waals surface area contributed by atoms with Gasteiger partial charge in [0.1, 0.15) is 0 Å². The van der Waals surface area contributed by atoms with Gasteiger partial charge in [0.25, 0.3) is 0 Å². The number of carboxylic acid groups (broad SMARTS) is 1. The number of carbonyl (C=O) groups excluding carboxylic acids is 2. The van der Waals surface area contributed by atoms with Gasteiger partial charge < -0.3 is 15.3 Å². The van der Waals surface area contributed by atoms with Crippen molar-refractivity contribution in [3.8, 4) is 11.1 Å². The molecule has 0 saturated heterocycles. The fourth-order valence-electron chi connectivity index (χ4n) is 4.03. The summed E-state index contributed by atoms with van der Waals surface area (Å²) >= 11 is 12.9. The van der Waals surface area contributed by atoms with Crippen LogP contribution < -0.4 is 10.2 Å². The SMILES string of the molecule is CCN(C(=O)CCC(=O)Nc1ccc(-c2ccc(CC(=O)O)cc2)cc1Cl)c1ccc(C(C)(C)C)cc1Cl. The molecular weight excluding hydrogens is 523 g/mol. The molecule has 6 nitrogen and oxygen atoms in total. The number of nitrogens with one attached hydrogen (secondary N) is 1. The standard InChI is InChI=1S/C30H32Cl2N2O4/c1-5-34(26-13-11-22(18-24(26)32)30(2,3)4)28(36)15-14-27(35)33-25-12-10-21(17-23(25)31)20-8-6-19(7-9-20)16-29(37)38/h6-13,17-18H,5,14-16H2,1-4H3,(H,33,35)(H,37,38). The Labute approximate surface area is 233 Å². The maximum atomic E-state index is 12.9. The highest BCUT2D eigenvalue weighted by Gasteiger charge is 2.21. The molecule has 2 amide bonds. The first kappa shape index (κ1) is 29.2. The van der Waals surface area contributed by atoms with Gasteiger partial charge in [-0.05, 0) is 58.9 Å². The minimum atomic E-state index is -0.886. The van der Waals surface area contributed by atoms with E-state index in [1.165, 1.54) is 0 Å². The molecule has 0 saturated carbocycles. The van der Waals surface area contributed by atoms with Gasteiger partial charge in [0.05, 0.1) is 27.8 Å². The van der Waals surface area contributed by atoms with E-state index in [2.05, 4.69) is 26.1 Å². The third-order valence-electron chi connectivity index (χ3n) is 6.17. The van der Waals surface area contributed by atoms with Crippen molar-refractivity contribution >= 4 is 52.4 Å². The van der Waals surface area contributed by atoms with Crippen LogP contribution in [0.2, 0.25) is 10.0 Å². The molecule has 0 spiro atoms. The molecule has 0 aliphatic carbocycles. The third-order valence-corrected chi connectivity index (χ3v) is 6.79. The molecule has 0 aliphatic heterocycles. The zero-order valence-corrected chi connectivity index (χ0v) is 23.5. The largest absolute Gasteiger partial charge is 0.481 e. The predicted molar refractivity (Wildman–Crippen MR) is 154 cm³/mol. The van der Waals surface area contributed by atoms with Crippen LogP contribution in [0.4, 0.5) is 11.4 Å². The van der Waals surface area contributed by atoms with Crippen molar-refractivity contribution in [3.05, 3.63) is 81.8 Å². The van der Waals surface area contributed by atoms with Crippen LogP contribution in [0.15, 0.2) is 60.7 Å². The highest BCUT2D eigenvalue weighted by Crippen LogP contribution is 2.33. The van der Waals surface area contributed by atoms with Crippen LogP contribution in [0, 0.1) is 0 Å². The van der Waals surface area contributed by atoms with Crippen LogP contribution in [0.5, 0.6) is 0 Å². The summed E-state index contributed by atoms with van der Waals surface area (Å²) in [4.78, 5) is 38.0. The summed E-state index contributed by atoms with van der Waals surface area (Å²) in [7, 11) is 0. The van der Waals surface area contributed by atoms with Crippen LogP contribution in [0.25, 0.3) is 11.1 Å². The Morgan fingerprint density at radius 2 is 1.53 bits per heavy atom. The lowest BCUT2D eigenvalue weighted by atomic mass is 9.87. The van der Waals surface area contributed by atoms with Crippen molar-refractivity contribution in [3.63, 3.8) is 0 Å². The highest BCUT2D eigenvalue weighted by molar-refractivity contribution is 6.34. The van der Waals surface area contributed by atoms with Crippen LogP contribution in [-0.4, -0.2) is 29.4 Å². The molecule has 2 N–H and O–H groups in total. The molecule has 8 heteroatoms. The molecule has 200 valence electrons. The summed E-state index contributed by atoms with van der Waals surface area (Å²) < 4.78 is 0. The Kier molecular flexibility index (Phi) is 9.58. The first-order valence-electron chi connectivity index (χ1n) is 12.4. The van der Waals surface area contributed by atoms with Crippen molar-refractivity contribution in [1.82, 2.24) is 0 Å². The summed E-state index contributed by atoms with van der Waals surface area (Å²) in [5.74, 6) is -1.40. The Morgan fingerprint density at radius 1 is 0.868 bits per heavy atom. The maximum Gasteiger partial charge on any atom is 0.307 e. The normalized spacial score (nSPS) is 11.2. The van der Waals surface area contributed by atoms with Gasteiger partial charge in [-0.1, -0.05) is 80.4 Å². The second kappa shape index (κ2) is 12.5. The molecule has 3 aromatic rings. The summed E-state index contributed by atoms with van der Waals surface area (Å²) in [5.41, 5.74) is 4.50. The molecular formula is C30H32Cl2N2O4. The quantitative estimate of drug-likeness (QED) is 0.289. The molecule has 3 rings (SSSR count). The van der Waals surface area contributed by atoms with Crippen LogP contribution in [0.1, 0.15) is 51.7 Å². The van der Waals surface area contributed by atoms with Crippen LogP contribution >= 0.6 is 23.2 Å². The number of hydrogen-bond donors (Lipinski definition) is 2. The number of hydrogen-bond acceptors (Lipinski definition) is 3. The van der Waals surface area contributed by atoms with E-state index in [0.717, 1.165) is 16.7 Å². The molecule has 38 heavy (non-hydrogen) atoms. The van der Waals surface area contributed by atoms with E-state index in [1.54, 1.807) is 29.2 Å². The first-order chi connectivity index (χ1) is 17.9. The number of rotatable bonds is 9. The number of amides is 2. The highest BCUT2D eigenvalue weighted by atomic mass is 35.5. The zero-order valence-electron chi connectivity index (χ0n) is 22.0. The molecule has 0 radical (unpaired) electrons. The van der Waals surface area contributed by atoms with Crippen molar-refractivity contribution in [2.24, 2.45) is 0 Å². The van der Waals surface area contributed by atoms with Gasteiger partial charge in [-0.25, -0.2) is 0 Å². The van der Waals surface area contributed by atoms with Gasteiger partial charge in [-0.2, -0.15) is 0 Å². The van der Waals surface area contributed by atoms with Crippen molar-refractivity contribution in [1.29, 1.82) is 0 Å². The lowest BCUT2D eigenvalue weighted by molar-refractivity contribution is -0.136. The van der Waals surface area contributed by atoms with E-state index >= 15 is 0 Å². The molecule has 0 atom stereocenters. The number of halogens is 2. The summed E-state index contributed by atoms with van der Waals surface area (Å²) in [6.45, 7) is 8.59. The Bertz CT molecular complexity index is 1330. The van der Waals surface area contributed by atoms with Crippen LogP contribution in [0.3, 0.4) is 0 Å². The van der Waals surface area contributed by atoms with Gasteiger partial charge >= 0.3 is 5.97 Å². The smallest absolute Gasteiger partial charge is 0.307 e. The van der Waals surface area contributed by atoms with Crippen molar-refractivity contribution in [2.45, 2.75) is 52.4 Å². The number of benzene rings is 3. The van der Waals surface area contributed by atoms with Gasteiger partial charge in [0, 0.05) is 19.4 Å². The lowest BCUT2D eigenvalue weighted by Crippen LogP contribution is -2.31. The minimum absolute atomic E-state index is 0.00382. The number of carboxylic acids is 1. The van der Waals surface area contributed by atoms with E-state index < -0.39 is 5.97 Å². The van der Waals surface area contributed by atoms with E-state index in [-0.39, 0.29) is 36.5 Å². The molecule has 0 unspecified atom stereocenters. The minimum Gasteiger partial charge on any atom is -0.481 e. The van der Waals surface area contributed by atoms with Gasteiger partial charge in [0.15, 0.2) is 0 Å². The number of aliphatic carboxylic acids is 1. The van der Waals surface area contributed by atoms with Gasteiger partial charge in [-0.15, -0.1) is 0 Å². The molecule has 3 aromatic carbocycles. The van der Waals surface area contributed by atoms with E-state index in [0.29, 0.717) is 33.5 Å². The summed E-state index contributed by atoms with van der Waals surface area (Å²) in [6.07, 6.45) is -0.0212. The van der Waals surface area contributed by atoms with E-state index in [4.69, 9.17) is 28.3 Å². The van der Waals surface area contributed by atoms with Gasteiger partial charge in [0.2, 0.25) is 11.8 Å². The maximum absolute atomic E-state index is 12.9. The first-order valence-corrected chi connectivity index (χ1v) is 13.2. The fourth-order valence-corrected chi connectivity index (χ4v) is 4.54. The topological polar surface area (TPSA) is 86.7 Å². The third kappa shape index (κ3) is 7.59. The Morgan fingerprint density at radius 3 is 2.08 bits per heavy atom. The molecule has 0 aromatic heterocycles. The summed E-state index contributed by atoms with van der Waals surface area (Å²) in [6, 6.07) is 18.1. The lowest BCUT2D eigenvalue weighted by Gasteiger charge is -2.25. The number of nitrogens with zero attached hydrogens (tertiary/aromatic N) is 1. The molecule has 0 heterocycles. The van der Waals surface area contributed by atoms with E-state index in [1.807, 2.05) is 43.3 Å². The average molecular weight is 556 g/mol.